The van der Waals surface area contributed by atoms with Gasteiger partial charge in [0.05, 0.1) is 24.6 Å². The average molecular weight is 318 g/mol. The molecule has 0 N–H and O–H groups in total. The van der Waals surface area contributed by atoms with Crippen LogP contribution < -0.4 is 0 Å². The van der Waals surface area contributed by atoms with E-state index in [0.717, 1.165) is 25.7 Å². The summed E-state index contributed by atoms with van der Waals surface area (Å²) in [6, 6.07) is 2.78. The molecule has 1 aliphatic heterocycles. The van der Waals surface area contributed by atoms with Crippen LogP contribution in [0.3, 0.4) is 0 Å². The highest BCUT2D eigenvalue weighted by Crippen LogP contribution is 2.38. The Kier molecular flexibility index (Phi) is 4.24. The number of amides is 3. The Morgan fingerprint density at radius 1 is 1.30 bits per heavy atom. The van der Waals surface area contributed by atoms with Crippen molar-refractivity contribution in [3.8, 4) is 0 Å². The molecule has 1 aliphatic carbocycles. The molecule has 3 rings (SSSR count). The topological polar surface area (TPSA) is 70.8 Å². The van der Waals surface area contributed by atoms with E-state index in [1.54, 1.807) is 32.4 Å². The minimum atomic E-state index is -0.763. The zero-order valence-corrected chi connectivity index (χ0v) is 13.5. The normalized spacial score (nSPS) is 25.4. The van der Waals surface area contributed by atoms with Crippen LogP contribution in [0.1, 0.15) is 38.4 Å². The van der Waals surface area contributed by atoms with E-state index < -0.39 is 6.04 Å². The monoisotopic (exact) mass is 318 g/mol. The van der Waals surface area contributed by atoms with E-state index in [9.17, 15) is 14.4 Å². The van der Waals surface area contributed by atoms with Crippen LogP contribution in [0.5, 0.6) is 0 Å². The molecule has 0 radical (unpaired) electrons. The van der Waals surface area contributed by atoms with Gasteiger partial charge in [-0.25, -0.2) is 0 Å². The lowest BCUT2D eigenvalue weighted by atomic mass is 9.81. The van der Waals surface area contributed by atoms with Gasteiger partial charge in [-0.05, 0) is 31.9 Å². The molecule has 6 nitrogen and oxygen atoms in total. The van der Waals surface area contributed by atoms with Crippen molar-refractivity contribution in [3.63, 3.8) is 0 Å². The molecule has 1 aromatic heterocycles. The van der Waals surface area contributed by atoms with Crippen molar-refractivity contribution >= 4 is 17.7 Å². The molecule has 3 unspecified atom stereocenters. The molecule has 6 heteroatoms. The van der Waals surface area contributed by atoms with Gasteiger partial charge in [-0.1, -0.05) is 12.8 Å². The van der Waals surface area contributed by atoms with Crippen LogP contribution in [0.25, 0.3) is 0 Å². The van der Waals surface area contributed by atoms with Crippen molar-refractivity contribution in [2.45, 2.75) is 45.2 Å². The van der Waals surface area contributed by atoms with E-state index >= 15 is 0 Å². The van der Waals surface area contributed by atoms with E-state index in [1.807, 2.05) is 0 Å². The third kappa shape index (κ3) is 2.78. The third-order valence-corrected chi connectivity index (χ3v) is 4.97. The number of furan rings is 1. The molecule has 3 atom stereocenters. The van der Waals surface area contributed by atoms with Gasteiger partial charge in [0.2, 0.25) is 17.7 Å². The molecule has 2 aliphatic rings. The van der Waals surface area contributed by atoms with Crippen molar-refractivity contribution in [2.75, 3.05) is 7.05 Å². The molecule has 1 saturated heterocycles. The number of fused-ring (bicyclic) bond motifs is 1. The molecule has 0 spiro atoms. The predicted molar refractivity (Wildman–Crippen MR) is 81.9 cm³/mol. The van der Waals surface area contributed by atoms with Crippen LogP contribution >= 0.6 is 0 Å². The molecule has 2 fully saturated rings. The number of likely N-dealkylation sites (N-methyl/N-ethyl adjacent to an activating group) is 1. The van der Waals surface area contributed by atoms with Crippen molar-refractivity contribution in [3.05, 3.63) is 24.2 Å². The van der Waals surface area contributed by atoms with Crippen LogP contribution in [0.2, 0.25) is 0 Å². The lowest BCUT2D eigenvalue weighted by Crippen LogP contribution is -2.48. The standard InChI is InChI=1S/C17H22N2O4/c1-11(15(20)18(2)10-12-6-5-9-23-12)19-16(21)13-7-3-4-8-14(13)17(19)22/h5-6,9,11,13-14H,3-4,7-8,10H2,1-2H3. The van der Waals surface area contributed by atoms with Gasteiger partial charge in [0, 0.05) is 7.05 Å². The van der Waals surface area contributed by atoms with Gasteiger partial charge < -0.3 is 9.32 Å². The number of carbonyl (C=O) groups is 3. The maximum absolute atomic E-state index is 12.6. The van der Waals surface area contributed by atoms with Gasteiger partial charge in [0.1, 0.15) is 11.8 Å². The van der Waals surface area contributed by atoms with E-state index in [1.165, 1.54) is 9.80 Å². The van der Waals surface area contributed by atoms with Crippen molar-refractivity contribution < 1.29 is 18.8 Å². The van der Waals surface area contributed by atoms with Gasteiger partial charge in [-0.15, -0.1) is 0 Å². The Hall–Kier alpha value is -2.11. The summed E-state index contributed by atoms with van der Waals surface area (Å²) in [5.41, 5.74) is 0. The Morgan fingerprint density at radius 3 is 2.43 bits per heavy atom. The lowest BCUT2D eigenvalue weighted by molar-refractivity contribution is -0.150. The SMILES string of the molecule is CC(C(=O)N(C)Cc1ccco1)N1C(=O)C2CCCCC2C1=O. The van der Waals surface area contributed by atoms with Gasteiger partial charge in [-0.3, -0.25) is 19.3 Å². The highest BCUT2D eigenvalue weighted by Gasteiger charge is 2.51. The summed E-state index contributed by atoms with van der Waals surface area (Å²) in [5, 5.41) is 0. The zero-order valence-electron chi connectivity index (χ0n) is 13.5. The minimum Gasteiger partial charge on any atom is -0.467 e. The summed E-state index contributed by atoms with van der Waals surface area (Å²) in [6.07, 6.45) is 5.03. The van der Waals surface area contributed by atoms with Gasteiger partial charge >= 0.3 is 0 Å². The number of rotatable bonds is 4. The predicted octanol–water partition coefficient (Wildman–Crippen LogP) is 1.80. The Labute approximate surface area is 135 Å². The summed E-state index contributed by atoms with van der Waals surface area (Å²) in [6.45, 7) is 1.95. The minimum absolute atomic E-state index is 0.174. The van der Waals surface area contributed by atoms with Crippen LogP contribution in [0, 0.1) is 11.8 Å². The summed E-state index contributed by atoms with van der Waals surface area (Å²) in [4.78, 5) is 40.4. The number of imide groups is 1. The van der Waals surface area contributed by atoms with Crippen LogP contribution in [-0.4, -0.2) is 40.6 Å². The second-order valence-corrected chi connectivity index (χ2v) is 6.49. The summed E-state index contributed by atoms with van der Waals surface area (Å²) < 4.78 is 5.24. The first-order valence-corrected chi connectivity index (χ1v) is 8.15. The maximum atomic E-state index is 12.6. The molecule has 23 heavy (non-hydrogen) atoms. The Morgan fingerprint density at radius 2 is 1.91 bits per heavy atom. The van der Waals surface area contributed by atoms with Gasteiger partial charge in [0.25, 0.3) is 0 Å². The number of carbonyl (C=O) groups excluding carboxylic acids is 3. The second-order valence-electron chi connectivity index (χ2n) is 6.49. The van der Waals surface area contributed by atoms with Crippen LogP contribution in [-0.2, 0) is 20.9 Å². The number of hydrogen-bond acceptors (Lipinski definition) is 4. The van der Waals surface area contributed by atoms with E-state index in [2.05, 4.69) is 0 Å². The first-order valence-electron chi connectivity index (χ1n) is 8.15. The smallest absolute Gasteiger partial charge is 0.245 e. The third-order valence-electron chi connectivity index (χ3n) is 4.97. The fourth-order valence-electron chi connectivity index (χ4n) is 3.71. The van der Waals surface area contributed by atoms with Crippen molar-refractivity contribution in [1.29, 1.82) is 0 Å². The highest BCUT2D eigenvalue weighted by molar-refractivity contribution is 6.08. The largest absolute Gasteiger partial charge is 0.467 e. The summed E-state index contributed by atoms with van der Waals surface area (Å²) >= 11 is 0. The zero-order chi connectivity index (χ0) is 16.6. The number of nitrogens with zero attached hydrogens (tertiary/aromatic N) is 2. The molecule has 0 aromatic carbocycles. The molecule has 1 aromatic rings. The quantitative estimate of drug-likeness (QED) is 0.794. The molecule has 0 bridgehead atoms. The first-order chi connectivity index (χ1) is 11.0. The molecule has 1 saturated carbocycles. The Bertz CT molecular complexity index is 586. The fraction of sp³-hybridized carbons (Fsp3) is 0.588. The number of likely N-dealkylation sites (tertiary alicyclic amines) is 1. The maximum Gasteiger partial charge on any atom is 0.245 e. The summed E-state index contributed by atoms with van der Waals surface area (Å²) in [5.74, 6) is -0.370. The fourth-order valence-corrected chi connectivity index (χ4v) is 3.71. The molecule has 2 heterocycles. The van der Waals surface area contributed by atoms with Gasteiger partial charge in [0.15, 0.2) is 0 Å². The van der Waals surface area contributed by atoms with E-state index in [4.69, 9.17) is 4.42 Å². The van der Waals surface area contributed by atoms with Crippen molar-refractivity contribution in [1.82, 2.24) is 9.80 Å². The van der Waals surface area contributed by atoms with E-state index in [-0.39, 0.29) is 29.6 Å². The van der Waals surface area contributed by atoms with Crippen LogP contribution in [0.4, 0.5) is 0 Å². The Balaban J connectivity index is 1.71. The number of hydrogen-bond donors (Lipinski definition) is 0. The first kappa shape index (κ1) is 15.8. The molecule has 3 amide bonds. The van der Waals surface area contributed by atoms with Gasteiger partial charge in [-0.2, -0.15) is 0 Å². The van der Waals surface area contributed by atoms with E-state index in [0.29, 0.717) is 12.3 Å². The highest BCUT2D eigenvalue weighted by atomic mass is 16.3. The van der Waals surface area contributed by atoms with Crippen LogP contribution in [0.15, 0.2) is 22.8 Å². The molecular weight excluding hydrogens is 296 g/mol. The second kappa shape index (κ2) is 6.18. The molecular formula is C17H22N2O4. The van der Waals surface area contributed by atoms with Crippen molar-refractivity contribution in [2.24, 2.45) is 11.8 Å². The average Bonchev–Trinajstić information content (AvgIpc) is 3.14. The summed E-state index contributed by atoms with van der Waals surface area (Å²) in [7, 11) is 1.65. The lowest BCUT2D eigenvalue weighted by Gasteiger charge is -2.26. The molecule has 124 valence electrons.